The number of carbonyl (C=O) groups is 2. The second-order valence-electron chi connectivity index (χ2n) is 11.4. The van der Waals surface area contributed by atoms with E-state index in [1.807, 2.05) is 54.6 Å². The van der Waals surface area contributed by atoms with Gasteiger partial charge in [-0.05, 0) is 79.5 Å². The lowest BCUT2D eigenvalue weighted by atomic mass is 9.97. The number of sulfonamides is 1. The molecular formula is C36H45N3O5S. The number of ether oxygens (including phenoxy) is 1. The predicted octanol–water partition coefficient (Wildman–Crippen LogP) is 5.57. The molecule has 0 radical (unpaired) electrons. The topological polar surface area (TPSA) is 105 Å². The molecule has 2 amide bonds. The number of nitrogens with one attached hydrogen (secondary N) is 2. The molecule has 0 unspecified atom stereocenters. The van der Waals surface area contributed by atoms with Crippen LogP contribution in [0.1, 0.15) is 62.1 Å². The van der Waals surface area contributed by atoms with Crippen LogP contribution in [-0.2, 0) is 39.0 Å². The van der Waals surface area contributed by atoms with Gasteiger partial charge in [-0.3, -0.25) is 9.59 Å². The van der Waals surface area contributed by atoms with E-state index in [-0.39, 0.29) is 29.7 Å². The molecule has 4 rings (SSSR count). The molecule has 0 saturated carbocycles. The van der Waals surface area contributed by atoms with Gasteiger partial charge in [-0.2, -0.15) is 0 Å². The number of nitrogens with zero attached hydrogens (tertiary/aromatic N) is 1. The van der Waals surface area contributed by atoms with Crippen molar-refractivity contribution in [1.29, 1.82) is 0 Å². The summed E-state index contributed by atoms with van der Waals surface area (Å²) in [6, 6.07) is 23.2. The Morgan fingerprint density at radius 3 is 2.24 bits per heavy atom. The molecule has 0 fully saturated rings. The zero-order valence-electron chi connectivity index (χ0n) is 26.3. The molecule has 0 spiro atoms. The van der Waals surface area contributed by atoms with Crippen LogP contribution in [0.3, 0.4) is 0 Å². The highest BCUT2D eigenvalue weighted by Gasteiger charge is 2.30. The molecule has 1 atom stereocenters. The van der Waals surface area contributed by atoms with Crippen molar-refractivity contribution in [1.82, 2.24) is 14.9 Å². The van der Waals surface area contributed by atoms with Crippen LogP contribution < -0.4 is 14.8 Å². The minimum Gasteiger partial charge on any atom is -0.497 e. The summed E-state index contributed by atoms with van der Waals surface area (Å²) in [6.07, 6.45) is 8.65. The zero-order valence-corrected chi connectivity index (χ0v) is 27.2. The quantitative estimate of drug-likeness (QED) is 0.201. The number of benzene rings is 3. The van der Waals surface area contributed by atoms with Crippen LogP contribution in [0.5, 0.6) is 5.75 Å². The predicted molar refractivity (Wildman–Crippen MR) is 177 cm³/mol. The number of hydrogen-bond donors (Lipinski definition) is 2. The van der Waals surface area contributed by atoms with E-state index >= 15 is 0 Å². The van der Waals surface area contributed by atoms with Crippen LogP contribution in [0.25, 0.3) is 0 Å². The number of methoxy groups -OCH3 is 1. The first kappa shape index (κ1) is 33.9. The van der Waals surface area contributed by atoms with Crippen molar-refractivity contribution in [3.05, 3.63) is 107 Å². The van der Waals surface area contributed by atoms with Crippen molar-refractivity contribution in [2.24, 2.45) is 0 Å². The van der Waals surface area contributed by atoms with Gasteiger partial charge in [0.25, 0.3) is 0 Å². The van der Waals surface area contributed by atoms with Crippen molar-refractivity contribution in [2.75, 3.05) is 20.2 Å². The Kier molecular flexibility index (Phi) is 12.8. The third-order valence-corrected chi connectivity index (χ3v) is 9.67. The number of rotatable bonds is 16. The lowest BCUT2D eigenvalue weighted by Crippen LogP contribution is -2.50. The van der Waals surface area contributed by atoms with E-state index in [1.54, 1.807) is 43.2 Å². The first-order valence-electron chi connectivity index (χ1n) is 15.8. The van der Waals surface area contributed by atoms with Gasteiger partial charge in [-0.25, -0.2) is 13.1 Å². The minimum atomic E-state index is -3.56. The summed E-state index contributed by atoms with van der Waals surface area (Å²) in [5.41, 5.74) is 4.09. The maximum absolute atomic E-state index is 14.0. The molecule has 2 N–H and O–H groups in total. The van der Waals surface area contributed by atoms with Gasteiger partial charge in [0.1, 0.15) is 11.8 Å². The molecule has 3 aromatic carbocycles. The Morgan fingerprint density at radius 1 is 0.889 bits per heavy atom. The minimum absolute atomic E-state index is 0.152. The maximum atomic E-state index is 14.0. The Labute approximate surface area is 267 Å². The van der Waals surface area contributed by atoms with Crippen molar-refractivity contribution < 1.29 is 22.7 Å². The van der Waals surface area contributed by atoms with Crippen molar-refractivity contribution in [3.63, 3.8) is 0 Å². The van der Waals surface area contributed by atoms with Gasteiger partial charge in [0, 0.05) is 32.5 Å². The van der Waals surface area contributed by atoms with E-state index in [4.69, 9.17) is 4.74 Å². The molecule has 0 aliphatic heterocycles. The van der Waals surface area contributed by atoms with Crippen LogP contribution in [0, 0.1) is 0 Å². The zero-order chi connectivity index (χ0) is 32.1. The van der Waals surface area contributed by atoms with Crippen molar-refractivity contribution >= 4 is 21.8 Å². The highest BCUT2D eigenvalue weighted by molar-refractivity contribution is 7.89. The highest BCUT2D eigenvalue weighted by atomic mass is 32.2. The van der Waals surface area contributed by atoms with E-state index in [1.165, 1.54) is 18.4 Å². The van der Waals surface area contributed by atoms with Gasteiger partial charge in [-0.15, -0.1) is 0 Å². The Balaban J connectivity index is 1.55. The number of allylic oxidation sites excluding steroid dienone is 1. The van der Waals surface area contributed by atoms with Crippen molar-refractivity contribution in [3.8, 4) is 5.75 Å². The van der Waals surface area contributed by atoms with E-state index in [2.05, 4.69) is 16.1 Å². The van der Waals surface area contributed by atoms with Gasteiger partial charge in [0.05, 0.1) is 12.0 Å². The van der Waals surface area contributed by atoms with E-state index in [0.29, 0.717) is 31.7 Å². The summed E-state index contributed by atoms with van der Waals surface area (Å²) in [6.45, 7) is 2.83. The molecule has 240 valence electrons. The molecule has 45 heavy (non-hydrogen) atoms. The number of carbonyl (C=O) groups excluding carboxylic acids is 2. The second-order valence-corrected chi connectivity index (χ2v) is 13.1. The van der Waals surface area contributed by atoms with E-state index in [0.717, 1.165) is 36.0 Å². The lowest BCUT2D eigenvalue weighted by Gasteiger charge is -2.32. The number of aryl methyl sites for hydroxylation is 1. The highest BCUT2D eigenvalue weighted by Crippen LogP contribution is 2.21. The van der Waals surface area contributed by atoms with Gasteiger partial charge >= 0.3 is 0 Å². The molecule has 1 aliphatic rings. The smallest absolute Gasteiger partial charge is 0.243 e. The largest absolute Gasteiger partial charge is 0.497 e. The molecule has 3 aromatic rings. The summed E-state index contributed by atoms with van der Waals surface area (Å²) >= 11 is 0. The molecule has 0 bridgehead atoms. The van der Waals surface area contributed by atoms with Crippen LogP contribution in [0.2, 0.25) is 0 Å². The van der Waals surface area contributed by atoms with Crippen LogP contribution >= 0.6 is 0 Å². The second kappa shape index (κ2) is 16.9. The molecule has 0 aromatic heterocycles. The van der Waals surface area contributed by atoms with Crippen molar-refractivity contribution in [2.45, 2.75) is 75.8 Å². The van der Waals surface area contributed by atoms with Gasteiger partial charge in [0.2, 0.25) is 21.8 Å². The van der Waals surface area contributed by atoms with E-state index < -0.39 is 16.1 Å². The average Bonchev–Trinajstić information content (AvgIpc) is 3.06. The molecule has 8 nitrogen and oxygen atoms in total. The maximum Gasteiger partial charge on any atom is 0.243 e. The van der Waals surface area contributed by atoms with E-state index in [9.17, 15) is 18.0 Å². The van der Waals surface area contributed by atoms with Crippen LogP contribution in [0.4, 0.5) is 0 Å². The first-order chi connectivity index (χ1) is 21.8. The molecule has 1 aliphatic carbocycles. The van der Waals surface area contributed by atoms with Crippen LogP contribution in [0.15, 0.2) is 95.4 Å². The lowest BCUT2D eigenvalue weighted by molar-refractivity contribution is -0.141. The van der Waals surface area contributed by atoms with Gasteiger partial charge in [0.15, 0.2) is 0 Å². The summed E-state index contributed by atoms with van der Waals surface area (Å²) in [4.78, 5) is 29.8. The number of amides is 2. The normalized spacial score (nSPS) is 13.9. The standard InChI is InChI=1S/C36H45N3O5S/c1-3-38-45(42,43)33-21-16-29(17-22-33)18-23-35(40)39(27-31-14-19-32(44-2)20-15-31)34(26-30-12-8-5-9-13-30)36(41)37-25-24-28-10-6-4-7-11-28/h5,8-10,12-17,19-22,34,38H,3-4,6-7,11,18,23-27H2,1-2H3,(H,37,41)/t34-/m1/s1. The fraction of sp³-hybridized carbons (Fsp3) is 0.389. The fourth-order valence-electron chi connectivity index (χ4n) is 5.58. The SMILES string of the molecule is CCNS(=O)(=O)c1ccc(CCC(=O)N(Cc2ccc(OC)cc2)[C@H](Cc2ccccc2)C(=O)NCCC2=CCCCC2)cc1. The molecule has 9 heteroatoms. The monoisotopic (exact) mass is 631 g/mol. The van der Waals surface area contributed by atoms with Gasteiger partial charge in [-0.1, -0.05) is 73.2 Å². The summed E-state index contributed by atoms with van der Waals surface area (Å²) in [5.74, 6) is 0.392. The fourth-order valence-corrected chi connectivity index (χ4v) is 6.62. The number of hydrogen-bond acceptors (Lipinski definition) is 5. The first-order valence-corrected chi connectivity index (χ1v) is 17.3. The van der Waals surface area contributed by atoms with Gasteiger partial charge < -0.3 is 15.0 Å². The molecule has 0 saturated heterocycles. The Morgan fingerprint density at radius 2 is 1.60 bits per heavy atom. The summed E-state index contributed by atoms with van der Waals surface area (Å²) < 4.78 is 32.5. The third-order valence-electron chi connectivity index (χ3n) is 8.11. The van der Waals surface area contributed by atoms with Crippen LogP contribution in [-0.4, -0.2) is 51.4 Å². The summed E-state index contributed by atoms with van der Waals surface area (Å²) in [7, 11) is -1.95. The molecule has 0 heterocycles. The molecular weight excluding hydrogens is 586 g/mol. The third kappa shape index (κ3) is 10.3. The summed E-state index contributed by atoms with van der Waals surface area (Å²) in [5, 5.41) is 3.14. The Hall–Kier alpha value is -3.95. The average molecular weight is 632 g/mol. The Bertz CT molecular complexity index is 1520.